The van der Waals surface area contributed by atoms with Gasteiger partial charge in [-0.2, -0.15) is 5.10 Å². The van der Waals surface area contributed by atoms with Gasteiger partial charge in [-0.15, -0.1) is 0 Å². The minimum atomic E-state index is -1.42. The Balaban J connectivity index is 1.33. The van der Waals surface area contributed by atoms with Crippen LogP contribution in [-0.2, 0) is 22.6 Å². The number of carbonyl (C=O) groups excluding carboxylic acids is 3. The number of aromatic nitrogens is 4. The average Bonchev–Trinajstić information content (AvgIpc) is 3.20. The van der Waals surface area contributed by atoms with Gasteiger partial charge in [-0.25, -0.2) is 14.3 Å². The van der Waals surface area contributed by atoms with Crippen molar-refractivity contribution in [3.8, 4) is 0 Å². The first-order chi connectivity index (χ1) is 14.4. The van der Waals surface area contributed by atoms with Crippen LogP contribution in [0.5, 0.6) is 0 Å². The maximum absolute atomic E-state index is 12.9. The van der Waals surface area contributed by atoms with Gasteiger partial charge < -0.3 is 19.9 Å². The first kappa shape index (κ1) is 18.4. The number of nitrogens with two attached hydrogens (primary N) is 1. The zero-order valence-electron chi connectivity index (χ0n) is 15.5. The highest BCUT2D eigenvalue weighted by molar-refractivity contribution is 6.30. The van der Waals surface area contributed by atoms with Gasteiger partial charge >= 0.3 is 5.97 Å². The molecule has 2 N–H and O–H groups in total. The number of amides is 2. The molecule has 1 aliphatic carbocycles. The predicted molar refractivity (Wildman–Crippen MR) is 104 cm³/mol. The highest BCUT2D eigenvalue weighted by Gasteiger charge is 2.45. The summed E-state index contributed by atoms with van der Waals surface area (Å²) in [5.74, 6) is -1.63. The first-order valence-corrected chi connectivity index (χ1v) is 9.46. The summed E-state index contributed by atoms with van der Waals surface area (Å²) in [7, 11) is 0. The molecule has 0 atom stereocenters. The lowest BCUT2D eigenvalue weighted by Gasteiger charge is -2.29. The third kappa shape index (κ3) is 2.92. The Bertz CT molecular complexity index is 1250. The number of rotatable bonds is 4. The molecule has 0 saturated carbocycles. The van der Waals surface area contributed by atoms with Crippen LogP contribution in [0.15, 0.2) is 42.7 Å². The van der Waals surface area contributed by atoms with Crippen molar-refractivity contribution in [3.63, 3.8) is 0 Å². The minimum absolute atomic E-state index is 0.247. The van der Waals surface area contributed by atoms with Gasteiger partial charge in [0.15, 0.2) is 11.3 Å². The molecule has 2 amide bonds. The van der Waals surface area contributed by atoms with Gasteiger partial charge in [0.2, 0.25) is 5.60 Å². The van der Waals surface area contributed by atoms with Crippen LogP contribution in [0, 0.1) is 0 Å². The van der Waals surface area contributed by atoms with Crippen molar-refractivity contribution in [3.05, 3.63) is 64.8 Å². The lowest BCUT2D eigenvalue weighted by Crippen LogP contribution is -2.40. The second-order valence-corrected chi connectivity index (χ2v) is 7.51. The Morgan fingerprint density at radius 3 is 2.73 bits per heavy atom. The number of carbonyl (C=O) groups is 3. The third-order valence-corrected chi connectivity index (χ3v) is 5.33. The van der Waals surface area contributed by atoms with Crippen LogP contribution in [-0.4, -0.2) is 54.0 Å². The number of hydrogen-bond acceptors (Lipinski definition) is 6. The molecule has 3 aromatic rings. The molecule has 0 spiro atoms. The van der Waals surface area contributed by atoms with Crippen LogP contribution in [0.25, 0.3) is 5.65 Å². The Morgan fingerprint density at radius 2 is 2.00 bits per heavy atom. The largest absolute Gasteiger partial charge is 0.436 e. The van der Waals surface area contributed by atoms with Crippen molar-refractivity contribution < 1.29 is 19.1 Å². The maximum atomic E-state index is 12.9. The molecule has 152 valence electrons. The number of primary amides is 1. The number of hydrogen-bond donors (Lipinski definition) is 1. The minimum Gasteiger partial charge on any atom is -0.436 e. The maximum Gasteiger partial charge on any atom is 0.356 e. The third-order valence-electron chi connectivity index (χ3n) is 5.13. The Morgan fingerprint density at radius 1 is 1.20 bits per heavy atom. The standard InChI is InChI=1S/C19H15ClN6O4/c20-11-8-22-15-7-13(23-26(15)9-11)16(27)24-5-6-25-12(10-24)1-2-14(25)17(28)30-19(3-4-19)18(21)29/h1-4,7-9H,5-6,10H2,(H2,21,29). The fourth-order valence-corrected chi connectivity index (χ4v) is 3.58. The van der Waals surface area contributed by atoms with E-state index in [0.29, 0.717) is 36.0 Å². The summed E-state index contributed by atoms with van der Waals surface area (Å²) in [6, 6.07) is 4.96. The van der Waals surface area contributed by atoms with E-state index in [9.17, 15) is 14.4 Å². The monoisotopic (exact) mass is 426 g/mol. The van der Waals surface area contributed by atoms with Gasteiger partial charge in [0.05, 0.1) is 17.8 Å². The van der Waals surface area contributed by atoms with E-state index in [2.05, 4.69) is 10.1 Å². The number of ether oxygens (including phenoxy) is 1. The Labute approximate surface area is 174 Å². The SMILES string of the molecule is NC(=O)C1(OC(=O)c2ccc3n2CCN(C(=O)c2cc4ncc(Cl)cn4n2)C3)C=C1. The lowest BCUT2D eigenvalue weighted by atomic mass is 10.2. The van der Waals surface area contributed by atoms with E-state index in [4.69, 9.17) is 22.1 Å². The van der Waals surface area contributed by atoms with Crippen LogP contribution in [0.1, 0.15) is 26.7 Å². The molecule has 2 aliphatic rings. The Kier molecular flexibility index (Phi) is 3.93. The average molecular weight is 427 g/mol. The van der Waals surface area contributed by atoms with Gasteiger partial charge in [0.1, 0.15) is 5.69 Å². The molecule has 0 radical (unpaired) electrons. The van der Waals surface area contributed by atoms with Gasteiger partial charge in [0.25, 0.3) is 11.8 Å². The molecule has 3 aromatic heterocycles. The van der Waals surface area contributed by atoms with Gasteiger partial charge in [-0.1, -0.05) is 11.6 Å². The van der Waals surface area contributed by atoms with Crippen LogP contribution in [0.3, 0.4) is 0 Å². The highest BCUT2D eigenvalue weighted by atomic mass is 35.5. The molecule has 0 fully saturated rings. The quantitative estimate of drug-likeness (QED) is 0.485. The number of esters is 1. The summed E-state index contributed by atoms with van der Waals surface area (Å²) >= 11 is 5.91. The molecular formula is C19H15ClN6O4. The summed E-state index contributed by atoms with van der Waals surface area (Å²) in [5.41, 5.74) is 5.69. The van der Waals surface area contributed by atoms with Crippen molar-refractivity contribution in [1.82, 2.24) is 24.1 Å². The van der Waals surface area contributed by atoms with Crippen molar-refractivity contribution in [2.45, 2.75) is 18.7 Å². The van der Waals surface area contributed by atoms with E-state index >= 15 is 0 Å². The Hall–Kier alpha value is -3.66. The van der Waals surface area contributed by atoms with E-state index in [1.54, 1.807) is 33.9 Å². The van der Waals surface area contributed by atoms with Crippen molar-refractivity contribution in [1.29, 1.82) is 0 Å². The van der Waals surface area contributed by atoms with Crippen LogP contribution >= 0.6 is 11.6 Å². The number of fused-ring (bicyclic) bond motifs is 2. The summed E-state index contributed by atoms with van der Waals surface area (Å²) in [5, 5.41) is 4.66. The number of nitrogens with zero attached hydrogens (tertiary/aromatic N) is 5. The second-order valence-electron chi connectivity index (χ2n) is 7.07. The first-order valence-electron chi connectivity index (χ1n) is 9.08. The molecule has 1 aliphatic heterocycles. The second kappa shape index (κ2) is 6.42. The molecule has 30 heavy (non-hydrogen) atoms. The van der Waals surface area contributed by atoms with Crippen LogP contribution < -0.4 is 5.73 Å². The van der Waals surface area contributed by atoms with E-state index in [1.807, 2.05) is 0 Å². The molecule has 0 aromatic carbocycles. The molecule has 4 heterocycles. The number of halogens is 1. The highest BCUT2D eigenvalue weighted by Crippen LogP contribution is 2.30. The summed E-state index contributed by atoms with van der Waals surface area (Å²) in [4.78, 5) is 42.6. The van der Waals surface area contributed by atoms with Gasteiger partial charge in [-0.3, -0.25) is 9.59 Å². The van der Waals surface area contributed by atoms with E-state index in [1.165, 1.54) is 22.9 Å². The summed E-state index contributed by atoms with van der Waals surface area (Å²) < 4.78 is 8.48. The fraction of sp³-hybridized carbons (Fsp3) is 0.211. The molecule has 11 heteroatoms. The molecule has 10 nitrogen and oxygen atoms in total. The van der Waals surface area contributed by atoms with Crippen molar-refractivity contribution in [2.24, 2.45) is 5.73 Å². The van der Waals surface area contributed by atoms with Crippen molar-refractivity contribution >= 4 is 35.0 Å². The predicted octanol–water partition coefficient (Wildman–Crippen LogP) is 0.791. The summed E-state index contributed by atoms with van der Waals surface area (Å²) in [6.07, 6.45) is 5.93. The molecule has 0 unspecified atom stereocenters. The van der Waals surface area contributed by atoms with Crippen LogP contribution in [0.2, 0.25) is 5.02 Å². The normalized spacial score (nSPS) is 16.4. The zero-order chi connectivity index (χ0) is 21.0. The van der Waals surface area contributed by atoms with E-state index < -0.39 is 17.5 Å². The molecule has 5 rings (SSSR count). The van der Waals surface area contributed by atoms with Crippen molar-refractivity contribution in [2.75, 3.05) is 6.54 Å². The van der Waals surface area contributed by atoms with Gasteiger partial charge in [-0.05, 0) is 24.3 Å². The molecular weight excluding hydrogens is 412 g/mol. The molecule has 0 saturated heterocycles. The molecule has 0 bridgehead atoms. The summed E-state index contributed by atoms with van der Waals surface area (Å²) in [6.45, 7) is 1.07. The van der Waals surface area contributed by atoms with Crippen LogP contribution in [0.4, 0.5) is 0 Å². The smallest absolute Gasteiger partial charge is 0.356 e. The van der Waals surface area contributed by atoms with E-state index in [0.717, 1.165) is 5.69 Å². The van der Waals surface area contributed by atoms with Gasteiger partial charge in [0, 0.05) is 31.0 Å². The lowest BCUT2D eigenvalue weighted by molar-refractivity contribution is -0.127. The topological polar surface area (TPSA) is 125 Å². The zero-order valence-corrected chi connectivity index (χ0v) is 16.2. The van der Waals surface area contributed by atoms with E-state index in [-0.39, 0.29) is 11.6 Å². The fourth-order valence-electron chi connectivity index (χ4n) is 3.44.